The molecular formula is C22H25FN4O3. The Morgan fingerprint density at radius 2 is 1.73 bits per heavy atom. The van der Waals surface area contributed by atoms with Crippen LogP contribution in [0, 0.1) is 5.82 Å². The lowest BCUT2D eigenvalue weighted by Gasteiger charge is -2.34. The number of nitrogens with one attached hydrogen (secondary N) is 1. The number of likely N-dealkylation sites (tertiary alicyclic amines) is 1. The first-order valence-corrected chi connectivity index (χ1v) is 10.3. The summed E-state index contributed by atoms with van der Waals surface area (Å²) in [6.45, 7) is 3.81. The van der Waals surface area contributed by atoms with Crippen LogP contribution in [0.2, 0.25) is 0 Å². The van der Waals surface area contributed by atoms with E-state index in [1.165, 1.54) is 24.3 Å². The number of hydrogen-bond acceptors (Lipinski definition) is 5. The lowest BCUT2D eigenvalue weighted by atomic mass is 10.0. The Balaban J connectivity index is 1.36. The molecule has 30 heavy (non-hydrogen) atoms. The molecule has 2 amide bonds. The fourth-order valence-electron chi connectivity index (χ4n) is 3.86. The molecule has 1 aromatic heterocycles. The van der Waals surface area contributed by atoms with Crippen LogP contribution in [0.5, 0.6) is 0 Å². The number of halogens is 1. The van der Waals surface area contributed by atoms with Crippen molar-refractivity contribution in [2.75, 3.05) is 44.3 Å². The number of anilines is 1. The number of hydrogen-bond donors (Lipinski definition) is 1. The Hall–Kier alpha value is -3.00. The van der Waals surface area contributed by atoms with Crippen LogP contribution in [0.3, 0.4) is 0 Å². The number of amides is 2. The number of pyridine rings is 1. The fraction of sp³-hybridized carbons (Fsp3) is 0.409. The van der Waals surface area contributed by atoms with Gasteiger partial charge in [-0.3, -0.25) is 9.59 Å². The summed E-state index contributed by atoms with van der Waals surface area (Å²) in [5, 5.41) is 2.98. The predicted octanol–water partition coefficient (Wildman–Crippen LogP) is 2.09. The molecular weight excluding hydrogens is 387 g/mol. The van der Waals surface area contributed by atoms with Crippen LogP contribution in [0.1, 0.15) is 33.6 Å². The Bertz CT molecular complexity index is 892. The molecule has 0 saturated carbocycles. The summed E-state index contributed by atoms with van der Waals surface area (Å²) in [6.07, 6.45) is 3.05. The summed E-state index contributed by atoms with van der Waals surface area (Å²) in [4.78, 5) is 33.9. The maximum absolute atomic E-state index is 13.2. The van der Waals surface area contributed by atoms with Gasteiger partial charge in [0.2, 0.25) is 0 Å². The zero-order valence-corrected chi connectivity index (χ0v) is 16.7. The topological polar surface area (TPSA) is 74.8 Å². The van der Waals surface area contributed by atoms with Gasteiger partial charge in [-0.25, -0.2) is 9.37 Å². The van der Waals surface area contributed by atoms with Gasteiger partial charge >= 0.3 is 0 Å². The largest absolute Gasteiger partial charge is 0.378 e. The first kappa shape index (κ1) is 20.3. The molecule has 2 aromatic rings. The summed E-state index contributed by atoms with van der Waals surface area (Å²) in [5.41, 5.74) is 1.04. The third kappa shape index (κ3) is 4.59. The van der Waals surface area contributed by atoms with Crippen LogP contribution < -0.4 is 10.2 Å². The lowest BCUT2D eigenvalue weighted by molar-refractivity contribution is 0.0697. The zero-order chi connectivity index (χ0) is 20.9. The number of rotatable bonds is 4. The van der Waals surface area contributed by atoms with Crippen LogP contribution in [0.15, 0.2) is 42.6 Å². The fourth-order valence-corrected chi connectivity index (χ4v) is 3.86. The maximum Gasteiger partial charge on any atom is 0.257 e. The van der Waals surface area contributed by atoms with Crippen molar-refractivity contribution in [3.05, 3.63) is 59.5 Å². The average molecular weight is 412 g/mol. The monoisotopic (exact) mass is 412 g/mol. The first-order valence-electron chi connectivity index (χ1n) is 10.3. The second kappa shape index (κ2) is 9.21. The number of carbonyl (C=O) groups excluding carboxylic acids is 2. The van der Waals surface area contributed by atoms with E-state index in [1.54, 1.807) is 12.3 Å². The highest BCUT2D eigenvalue weighted by Crippen LogP contribution is 2.22. The van der Waals surface area contributed by atoms with Crippen molar-refractivity contribution in [1.29, 1.82) is 0 Å². The summed E-state index contributed by atoms with van der Waals surface area (Å²) in [6, 6.07) is 9.08. The summed E-state index contributed by atoms with van der Waals surface area (Å²) < 4.78 is 18.4. The van der Waals surface area contributed by atoms with Crippen LogP contribution in [0.4, 0.5) is 10.2 Å². The molecule has 158 valence electrons. The normalized spacial score (nSPS) is 17.6. The minimum atomic E-state index is -0.370. The number of piperidine rings is 1. The number of ether oxygens (including phenoxy) is 1. The van der Waals surface area contributed by atoms with Gasteiger partial charge in [-0.15, -0.1) is 0 Å². The van der Waals surface area contributed by atoms with E-state index in [4.69, 9.17) is 4.74 Å². The predicted molar refractivity (Wildman–Crippen MR) is 110 cm³/mol. The third-order valence-corrected chi connectivity index (χ3v) is 5.55. The molecule has 4 rings (SSSR count). The highest BCUT2D eigenvalue weighted by atomic mass is 19.1. The minimum Gasteiger partial charge on any atom is -0.378 e. The van der Waals surface area contributed by atoms with Crippen molar-refractivity contribution in [3.63, 3.8) is 0 Å². The number of morpholine rings is 1. The van der Waals surface area contributed by atoms with Crippen molar-refractivity contribution in [2.45, 2.75) is 18.9 Å². The number of nitrogens with zero attached hydrogens (tertiary/aromatic N) is 3. The Labute approximate surface area is 174 Å². The van der Waals surface area contributed by atoms with Gasteiger partial charge in [-0.2, -0.15) is 0 Å². The standard InChI is InChI=1S/C22H25FN4O3/c23-17-5-3-16(4-6-17)21(28)25-18-7-10-27(11-8-18)22(29)19-2-1-9-24-20(19)26-12-14-30-15-13-26/h1-6,9,18H,7-8,10-15H2,(H,25,28). The molecule has 0 atom stereocenters. The van der Waals surface area contributed by atoms with E-state index in [9.17, 15) is 14.0 Å². The molecule has 0 unspecified atom stereocenters. The van der Waals surface area contributed by atoms with Crippen LogP contribution >= 0.6 is 0 Å². The molecule has 7 nitrogen and oxygen atoms in total. The Morgan fingerprint density at radius 3 is 2.43 bits per heavy atom. The molecule has 8 heteroatoms. The smallest absolute Gasteiger partial charge is 0.257 e. The van der Waals surface area contributed by atoms with Gasteiger partial charge in [0.05, 0.1) is 18.8 Å². The third-order valence-electron chi connectivity index (χ3n) is 5.55. The minimum absolute atomic E-state index is 0.0146. The highest BCUT2D eigenvalue weighted by Gasteiger charge is 2.28. The van der Waals surface area contributed by atoms with E-state index in [0.717, 1.165) is 13.1 Å². The zero-order valence-electron chi connectivity index (χ0n) is 16.7. The van der Waals surface area contributed by atoms with E-state index in [-0.39, 0.29) is 23.7 Å². The molecule has 2 fully saturated rings. The van der Waals surface area contributed by atoms with E-state index in [0.29, 0.717) is 56.1 Å². The van der Waals surface area contributed by atoms with Gasteiger partial charge in [-0.1, -0.05) is 0 Å². The second-order valence-corrected chi connectivity index (χ2v) is 7.52. The highest BCUT2D eigenvalue weighted by molar-refractivity contribution is 5.99. The molecule has 0 radical (unpaired) electrons. The van der Waals surface area contributed by atoms with Gasteiger partial charge < -0.3 is 19.9 Å². The molecule has 0 bridgehead atoms. The SMILES string of the molecule is O=C(NC1CCN(C(=O)c2cccnc2N2CCOCC2)CC1)c1ccc(F)cc1. The van der Waals surface area contributed by atoms with Crippen LogP contribution in [0.25, 0.3) is 0 Å². The molecule has 1 N–H and O–H groups in total. The summed E-state index contributed by atoms with van der Waals surface area (Å²) in [5.74, 6) is 0.0808. The second-order valence-electron chi connectivity index (χ2n) is 7.52. The van der Waals surface area contributed by atoms with Gasteiger partial charge in [-0.05, 0) is 49.2 Å². The van der Waals surface area contributed by atoms with E-state index in [2.05, 4.69) is 15.2 Å². The maximum atomic E-state index is 13.2. The molecule has 2 aliphatic rings. The van der Waals surface area contributed by atoms with Gasteiger partial charge in [0.25, 0.3) is 11.8 Å². The van der Waals surface area contributed by atoms with E-state index in [1.807, 2.05) is 11.0 Å². The van der Waals surface area contributed by atoms with Crippen LogP contribution in [-0.4, -0.2) is 67.1 Å². The van der Waals surface area contributed by atoms with Gasteiger partial charge in [0.1, 0.15) is 11.6 Å². The summed E-state index contributed by atoms with van der Waals surface area (Å²) in [7, 11) is 0. The van der Waals surface area contributed by atoms with Crippen molar-refractivity contribution >= 4 is 17.6 Å². The van der Waals surface area contributed by atoms with Crippen LogP contribution in [-0.2, 0) is 4.74 Å². The first-order chi connectivity index (χ1) is 14.6. The molecule has 2 saturated heterocycles. The van der Waals surface area contributed by atoms with E-state index < -0.39 is 0 Å². The van der Waals surface area contributed by atoms with Crippen molar-refractivity contribution < 1.29 is 18.7 Å². The number of aromatic nitrogens is 1. The molecule has 1 aromatic carbocycles. The number of benzene rings is 1. The molecule has 0 aliphatic carbocycles. The molecule has 0 spiro atoms. The van der Waals surface area contributed by atoms with E-state index >= 15 is 0 Å². The quantitative estimate of drug-likeness (QED) is 0.833. The summed E-state index contributed by atoms with van der Waals surface area (Å²) >= 11 is 0. The van der Waals surface area contributed by atoms with Gasteiger partial charge in [0, 0.05) is 44.0 Å². The van der Waals surface area contributed by atoms with Gasteiger partial charge in [0.15, 0.2) is 0 Å². The number of carbonyl (C=O) groups is 2. The van der Waals surface area contributed by atoms with Crippen molar-refractivity contribution in [2.24, 2.45) is 0 Å². The van der Waals surface area contributed by atoms with Crippen molar-refractivity contribution in [3.8, 4) is 0 Å². The molecule has 3 heterocycles. The van der Waals surface area contributed by atoms with Crippen molar-refractivity contribution in [1.82, 2.24) is 15.2 Å². The molecule has 2 aliphatic heterocycles. The Kier molecular flexibility index (Phi) is 6.23. The Morgan fingerprint density at radius 1 is 1.03 bits per heavy atom. The average Bonchev–Trinajstić information content (AvgIpc) is 2.80. The lowest BCUT2D eigenvalue weighted by Crippen LogP contribution is -2.47.